The number of Topliss-reactive ketones (excluding diaryl/α,β-unsaturated/α-hetero) is 1. The second kappa shape index (κ2) is 6.78. The van der Waals surface area contributed by atoms with Crippen molar-refractivity contribution in [1.29, 1.82) is 0 Å². The van der Waals surface area contributed by atoms with Gasteiger partial charge in [-0.2, -0.15) is 0 Å². The Balaban J connectivity index is 1.75. The zero-order valence-corrected chi connectivity index (χ0v) is 15.2. The van der Waals surface area contributed by atoms with E-state index in [1.165, 1.54) is 13.0 Å². The minimum atomic E-state index is -0.372. The van der Waals surface area contributed by atoms with Crippen molar-refractivity contribution in [1.82, 2.24) is 0 Å². The predicted octanol–water partition coefficient (Wildman–Crippen LogP) is 4.04. The first-order valence-corrected chi connectivity index (χ1v) is 8.85. The van der Waals surface area contributed by atoms with Crippen molar-refractivity contribution in [3.8, 4) is 5.75 Å². The largest absolute Gasteiger partial charge is 0.507 e. The summed E-state index contributed by atoms with van der Waals surface area (Å²) in [7, 11) is 0. The van der Waals surface area contributed by atoms with Gasteiger partial charge in [-0.1, -0.05) is 36.4 Å². The molecule has 1 aliphatic rings. The second-order valence-corrected chi connectivity index (χ2v) is 6.79. The van der Waals surface area contributed by atoms with Gasteiger partial charge in [-0.15, -0.1) is 0 Å². The molecule has 0 bridgehead atoms. The lowest BCUT2D eigenvalue weighted by molar-refractivity contribution is -0.116. The van der Waals surface area contributed by atoms with Crippen LogP contribution in [0.15, 0.2) is 60.7 Å². The Morgan fingerprint density at radius 1 is 0.857 bits per heavy atom. The van der Waals surface area contributed by atoms with Gasteiger partial charge in [-0.25, -0.2) is 0 Å². The number of phenolic OH excluding ortho intramolecular Hbond substituents is 1. The standard InChI is InChI=1S/C23H17NO4/c1-13(25)12-14-6-8-15(9-7-14)24-18-10-11-19(26)21-20(18)22(27)16-4-2-3-5-17(16)23(21)28/h2-11,24,26H,12H2,1H3. The topological polar surface area (TPSA) is 83.5 Å². The minimum absolute atomic E-state index is 0.0156. The minimum Gasteiger partial charge on any atom is -0.507 e. The summed E-state index contributed by atoms with van der Waals surface area (Å²) in [6, 6.07) is 16.9. The van der Waals surface area contributed by atoms with Crippen molar-refractivity contribution in [2.24, 2.45) is 0 Å². The highest BCUT2D eigenvalue weighted by Gasteiger charge is 2.33. The van der Waals surface area contributed by atoms with E-state index in [1.54, 1.807) is 42.5 Å². The Morgan fingerprint density at radius 2 is 1.46 bits per heavy atom. The van der Waals surface area contributed by atoms with Gasteiger partial charge in [0.2, 0.25) is 0 Å². The van der Waals surface area contributed by atoms with E-state index < -0.39 is 0 Å². The molecule has 138 valence electrons. The SMILES string of the molecule is CC(=O)Cc1ccc(Nc2ccc(O)c3c2C(=O)c2ccccc2C3=O)cc1. The van der Waals surface area contributed by atoms with Crippen molar-refractivity contribution in [2.75, 3.05) is 5.32 Å². The molecule has 3 aromatic rings. The van der Waals surface area contributed by atoms with Crippen LogP contribution in [0, 0.1) is 0 Å². The molecule has 0 amide bonds. The second-order valence-electron chi connectivity index (χ2n) is 6.79. The number of aromatic hydroxyl groups is 1. The lowest BCUT2D eigenvalue weighted by Gasteiger charge is -2.21. The van der Waals surface area contributed by atoms with Crippen LogP contribution >= 0.6 is 0 Å². The van der Waals surface area contributed by atoms with E-state index in [9.17, 15) is 19.5 Å². The molecule has 5 heteroatoms. The van der Waals surface area contributed by atoms with Crippen LogP contribution in [0.5, 0.6) is 5.75 Å². The highest BCUT2D eigenvalue weighted by molar-refractivity contribution is 6.31. The first-order chi connectivity index (χ1) is 13.5. The summed E-state index contributed by atoms with van der Waals surface area (Å²) < 4.78 is 0. The van der Waals surface area contributed by atoms with E-state index in [0.717, 1.165) is 5.56 Å². The van der Waals surface area contributed by atoms with E-state index >= 15 is 0 Å². The molecule has 0 aromatic heterocycles. The third-order valence-electron chi connectivity index (χ3n) is 4.74. The molecule has 0 unspecified atom stereocenters. The number of ketones is 3. The van der Waals surface area contributed by atoms with Gasteiger partial charge in [-0.3, -0.25) is 14.4 Å². The Labute approximate surface area is 161 Å². The van der Waals surface area contributed by atoms with Crippen molar-refractivity contribution in [3.63, 3.8) is 0 Å². The summed E-state index contributed by atoms with van der Waals surface area (Å²) in [6.07, 6.45) is 0.360. The maximum absolute atomic E-state index is 13.1. The average Bonchev–Trinajstić information content (AvgIpc) is 2.68. The number of nitrogens with one attached hydrogen (secondary N) is 1. The van der Waals surface area contributed by atoms with E-state index in [0.29, 0.717) is 28.9 Å². The smallest absolute Gasteiger partial charge is 0.198 e. The fourth-order valence-corrected chi connectivity index (χ4v) is 3.46. The zero-order valence-electron chi connectivity index (χ0n) is 15.2. The molecule has 5 nitrogen and oxygen atoms in total. The van der Waals surface area contributed by atoms with Crippen molar-refractivity contribution < 1.29 is 19.5 Å². The summed E-state index contributed by atoms with van der Waals surface area (Å²) >= 11 is 0. The Hall–Kier alpha value is -3.73. The van der Waals surface area contributed by atoms with Gasteiger partial charge in [0.1, 0.15) is 11.5 Å². The van der Waals surface area contributed by atoms with Gasteiger partial charge >= 0.3 is 0 Å². The Morgan fingerprint density at radius 3 is 2.07 bits per heavy atom. The molecule has 0 aliphatic heterocycles. The van der Waals surface area contributed by atoms with Gasteiger partial charge in [0.05, 0.1) is 16.8 Å². The molecule has 28 heavy (non-hydrogen) atoms. The summed E-state index contributed by atoms with van der Waals surface area (Å²) in [5, 5.41) is 13.4. The third-order valence-corrected chi connectivity index (χ3v) is 4.74. The third kappa shape index (κ3) is 2.97. The monoisotopic (exact) mass is 371 g/mol. The van der Waals surface area contributed by atoms with Crippen LogP contribution in [0.2, 0.25) is 0 Å². The van der Waals surface area contributed by atoms with Crippen LogP contribution in [0.25, 0.3) is 0 Å². The molecule has 0 heterocycles. The number of phenols is 1. The van der Waals surface area contributed by atoms with E-state index in [1.807, 2.05) is 12.1 Å². The molecule has 0 fully saturated rings. The van der Waals surface area contributed by atoms with Gasteiger partial charge in [0.15, 0.2) is 11.6 Å². The summed E-state index contributed by atoms with van der Waals surface area (Å²) in [4.78, 5) is 37.1. The maximum atomic E-state index is 13.1. The molecule has 4 rings (SSSR count). The van der Waals surface area contributed by atoms with E-state index in [2.05, 4.69) is 5.32 Å². The highest BCUT2D eigenvalue weighted by Crippen LogP contribution is 2.37. The number of rotatable bonds is 4. The molecular formula is C23H17NO4. The van der Waals surface area contributed by atoms with Crippen LogP contribution in [-0.2, 0) is 11.2 Å². The predicted molar refractivity (Wildman–Crippen MR) is 106 cm³/mol. The van der Waals surface area contributed by atoms with Crippen molar-refractivity contribution in [2.45, 2.75) is 13.3 Å². The van der Waals surface area contributed by atoms with Crippen LogP contribution < -0.4 is 5.32 Å². The molecule has 2 N–H and O–H groups in total. The zero-order chi connectivity index (χ0) is 19.8. The summed E-state index contributed by atoms with van der Waals surface area (Å²) in [5.74, 6) is -0.818. The molecule has 0 radical (unpaired) electrons. The number of benzene rings is 3. The fourth-order valence-electron chi connectivity index (χ4n) is 3.46. The van der Waals surface area contributed by atoms with Crippen molar-refractivity contribution >= 4 is 28.7 Å². The Bertz CT molecular complexity index is 1130. The molecule has 0 saturated heterocycles. The maximum Gasteiger partial charge on any atom is 0.198 e. The molecule has 3 aromatic carbocycles. The van der Waals surface area contributed by atoms with Crippen LogP contribution in [-0.4, -0.2) is 22.5 Å². The van der Waals surface area contributed by atoms with Gasteiger partial charge in [-0.05, 0) is 36.8 Å². The van der Waals surface area contributed by atoms with E-state index in [4.69, 9.17) is 0 Å². The fraction of sp³-hybridized carbons (Fsp3) is 0.0870. The number of anilines is 2. The van der Waals surface area contributed by atoms with Crippen molar-refractivity contribution in [3.05, 3.63) is 88.5 Å². The first kappa shape index (κ1) is 17.7. The average molecular weight is 371 g/mol. The molecule has 0 spiro atoms. The molecule has 0 saturated carbocycles. The lowest BCUT2D eigenvalue weighted by Crippen LogP contribution is -2.22. The normalized spacial score (nSPS) is 12.3. The molecule has 0 atom stereocenters. The van der Waals surface area contributed by atoms with E-state index in [-0.39, 0.29) is 34.2 Å². The van der Waals surface area contributed by atoms with Crippen LogP contribution in [0.3, 0.4) is 0 Å². The van der Waals surface area contributed by atoms with Gasteiger partial charge in [0.25, 0.3) is 0 Å². The number of carbonyl (C=O) groups is 3. The number of hydrogen-bond donors (Lipinski definition) is 2. The first-order valence-electron chi connectivity index (χ1n) is 8.85. The number of fused-ring (bicyclic) bond motifs is 2. The number of carbonyl (C=O) groups excluding carboxylic acids is 3. The Kier molecular flexibility index (Phi) is 4.28. The van der Waals surface area contributed by atoms with Crippen LogP contribution in [0.1, 0.15) is 44.3 Å². The van der Waals surface area contributed by atoms with Gasteiger partial charge < -0.3 is 10.4 Å². The summed E-state index contributed by atoms with van der Waals surface area (Å²) in [6.45, 7) is 1.54. The molecular weight excluding hydrogens is 354 g/mol. The quantitative estimate of drug-likeness (QED) is 0.529. The lowest BCUT2D eigenvalue weighted by atomic mass is 9.82. The number of hydrogen-bond acceptors (Lipinski definition) is 5. The summed E-state index contributed by atoms with van der Waals surface area (Å²) in [5.41, 5.74) is 2.84. The van der Waals surface area contributed by atoms with Crippen LogP contribution in [0.4, 0.5) is 11.4 Å². The van der Waals surface area contributed by atoms with Gasteiger partial charge in [0, 0.05) is 23.2 Å². The molecule has 1 aliphatic carbocycles. The highest BCUT2D eigenvalue weighted by atomic mass is 16.3.